The van der Waals surface area contributed by atoms with Gasteiger partial charge in [-0.25, -0.2) is 22.2 Å². The number of anilines is 1. The fraction of sp³-hybridized carbons (Fsp3) is 0. The largest absolute Gasteiger partial charge is 0.277 e. The molecule has 4 nitrogen and oxygen atoms in total. The molecule has 0 unspecified atom stereocenters. The van der Waals surface area contributed by atoms with E-state index in [2.05, 4.69) is 4.98 Å². The van der Waals surface area contributed by atoms with Crippen LogP contribution in [0.2, 0.25) is 5.15 Å². The lowest BCUT2D eigenvalue weighted by molar-refractivity contribution is 0.594. The monoisotopic (exact) mass is 304 g/mol. The van der Waals surface area contributed by atoms with Gasteiger partial charge in [-0.1, -0.05) is 11.6 Å². The van der Waals surface area contributed by atoms with E-state index in [1.54, 1.807) is 0 Å². The highest BCUT2D eigenvalue weighted by Gasteiger charge is 2.17. The van der Waals surface area contributed by atoms with Crippen molar-refractivity contribution in [2.75, 3.05) is 4.72 Å². The van der Waals surface area contributed by atoms with E-state index in [1.165, 1.54) is 12.3 Å². The molecule has 0 aliphatic carbocycles. The number of hydrogen-bond donors (Lipinski definition) is 1. The smallest absolute Gasteiger partial charge is 0.262 e. The number of sulfonamides is 1. The lowest BCUT2D eigenvalue weighted by Gasteiger charge is -2.09. The first-order chi connectivity index (χ1) is 8.88. The summed E-state index contributed by atoms with van der Waals surface area (Å²) in [5.41, 5.74) is -0.479. The van der Waals surface area contributed by atoms with Crippen LogP contribution in [-0.2, 0) is 10.0 Å². The van der Waals surface area contributed by atoms with Crippen molar-refractivity contribution in [2.24, 2.45) is 0 Å². The number of hydrogen-bond acceptors (Lipinski definition) is 3. The Morgan fingerprint density at radius 3 is 2.58 bits per heavy atom. The third-order valence-corrected chi connectivity index (χ3v) is 3.75. The summed E-state index contributed by atoms with van der Waals surface area (Å²) in [5.74, 6) is -1.64. The molecule has 0 radical (unpaired) electrons. The van der Waals surface area contributed by atoms with E-state index < -0.39 is 27.3 Å². The maximum absolute atomic E-state index is 13.4. The van der Waals surface area contributed by atoms with Crippen LogP contribution >= 0.6 is 11.6 Å². The number of benzene rings is 1. The van der Waals surface area contributed by atoms with Gasteiger partial charge in [-0.15, -0.1) is 0 Å². The van der Waals surface area contributed by atoms with Gasteiger partial charge >= 0.3 is 0 Å². The third-order valence-electron chi connectivity index (χ3n) is 2.18. The van der Waals surface area contributed by atoms with Gasteiger partial charge in [-0.3, -0.25) is 4.72 Å². The molecular formula is C11H7ClF2N2O2S. The second-order valence-electron chi connectivity index (χ2n) is 3.54. The van der Waals surface area contributed by atoms with Crippen molar-refractivity contribution in [3.05, 3.63) is 53.3 Å². The molecular weight excluding hydrogens is 298 g/mol. The molecule has 2 rings (SSSR count). The Morgan fingerprint density at radius 2 is 1.89 bits per heavy atom. The molecule has 8 heteroatoms. The zero-order valence-electron chi connectivity index (χ0n) is 9.27. The minimum Gasteiger partial charge on any atom is -0.277 e. The van der Waals surface area contributed by atoms with Gasteiger partial charge in [0.15, 0.2) is 0 Å². The van der Waals surface area contributed by atoms with E-state index in [-0.39, 0.29) is 10.0 Å². The first-order valence-corrected chi connectivity index (χ1v) is 6.84. The molecule has 0 fully saturated rings. The van der Waals surface area contributed by atoms with Crippen LogP contribution in [0.3, 0.4) is 0 Å². The molecule has 0 aliphatic heterocycles. The van der Waals surface area contributed by atoms with E-state index in [0.29, 0.717) is 0 Å². The highest BCUT2D eigenvalue weighted by molar-refractivity contribution is 7.92. The van der Waals surface area contributed by atoms with Gasteiger partial charge in [0.25, 0.3) is 10.0 Å². The second kappa shape index (κ2) is 5.10. The van der Waals surface area contributed by atoms with Gasteiger partial charge in [-0.2, -0.15) is 0 Å². The molecule has 0 saturated carbocycles. The maximum atomic E-state index is 13.4. The molecule has 0 spiro atoms. The first-order valence-electron chi connectivity index (χ1n) is 4.98. The number of halogens is 3. The van der Waals surface area contributed by atoms with E-state index >= 15 is 0 Å². The van der Waals surface area contributed by atoms with Crippen LogP contribution in [0.1, 0.15) is 0 Å². The fourth-order valence-corrected chi connectivity index (χ4v) is 2.64. The van der Waals surface area contributed by atoms with Crippen molar-refractivity contribution in [3.8, 4) is 0 Å². The summed E-state index contributed by atoms with van der Waals surface area (Å²) >= 11 is 5.57. The van der Waals surface area contributed by atoms with Crippen molar-refractivity contribution >= 4 is 27.3 Å². The molecule has 0 aliphatic rings. The van der Waals surface area contributed by atoms with E-state index in [9.17, 15) is 17.2 Å². The first kappa shape index (κ1) is 13.7. The average molecular weight is 305 g/mol. The summed E-state index contributed by atoms with van der Waals surface area (Å²) in [6, 6.07) is 4.74. The Balaban J connectivity index is 2.39. The Morgan fingerprint density at radius 1 is 1.16 bits per heavy atom. The van der Waals surface area contributed by atoms with Crippen molar-refractivity contribution in [3.63, 3.8) is 0 Å². The van der Waals surface area contributed by atoms with Crippen molar-refractivity contribution in [2.45, 2.75) is 4.90 Å². The minimum absolute atomic E-state index is 0.0254. The fourth-order valence-electron chi connectivity index (χ4n) is 1.33. The number of nitrogens with zero attached hydrogens (tertiary/aromatic N) is 1. The molecule has 1 heterocycles. The lowest BCUT2D eigenvalue weighted by Crippen LogP contribution is -2.14. The van der Waals surface area contributed by atoms with Crippen LogP contribution in [0.4, 0.5) is 14.5 Å². The SMILES string of the molecule is O=S(=O)(Nc1cc(F)ccc1F)c1ccnc(Cl)c1. The normalized spacial score (nSPS) is 11.3. The third kappa shape index (κ3) is 3.18. The van der Waals surface area contributed by atoms with Crippen molar-refractivity contribution in [1.29, 1.82) is 0 Å². The summed E-state index contributed by atoms with van der Waals surface area (Å²) < 4.78 is 52.1. The molecule has 1 aromatic heterocycles. The molecule has 1 N–H and O–H groups in total. The summed E-state index contributed by atoms with van der Waals surface area (Å²) in [7, 11) is -4.06. The minimum atomic E-state index is -4.06. The number of nitrogens with one attached hydrogen (secondary N) is 1. The summed E-state index contributed by atoms with van der Waals surface area (Å²) in [4.78, 5) is 3.43. The van der Waals surface area contributed by atoms with Gasteiger partial charge in [0.2, 0.25) is 0 Å². The summed E-state index contributed by atoms with van der Waals surface area (Å²) in [5, 5.41) is -0.0254. The zero-order chi connectivity index (χ0) is 14.0. The molecule has 19 heavy (non-hydrogen) atoms. The van der Waals surface area contributed by atoms with E-state index in [4.69, 9.17) is 11.6 Å². The predicted molar refractivity (Wildman–Crippen MR) is 66.4 cm³/mol. The van der Waals surface area contributed by atoms with Crippen molar-refractivity contribution < 1.29 is 17.2 Å². The standard InChI is InChI=1S/C11H7ClF2N2O2S/c12-11-6-8(3-4-15-11)19(17,18)16-10-5-7(13)1-2-9(10)14/h1-6,16H. The molecule has 0 atom stereocenters. The molecule has 1 aromatic carbocycles. The van der Waals surface area contributed by atoms with E-state index in [0.717, 1.165) is 24.3 Å². The Hall–Kier alpha value is -1.73. The Labute approximate surface area is 113 Å². The average Bonchev–Trinajstić information content (AvgIpc) is 2.33. The van der Waals surface area contributed by atoms with Crippen LogP contribution in [0.25, 0.3) is 0 Å². The Bertz CT molecular complexity index is 722. The van der Waals surface area contributed by atoms with Crippen LogP contribution < -0.4 is 4.72 Å². The molecule has 0 amide bonds. The van der Waals surface area contributed by atoms with Crippen LogP contribution in [0.15, 0.2) is 41.4 Å². The highest BCUT2D eigenvalue weighted by atomic mass is 35.5. The van der Waals surface area contributed by atoms with Crippen LogP contribution in [-0.4, -0.2) is 13.4 Å². The quantitative estimate of drug-likeness (QED) is 0.887. The molecule has 100 valence electrons. The highest BCUT2D eigenvalue weighted by Crippen LogP contribution is 2.21. The van der Waals surface area contributed by atoms with Gasteiger partial charge in [-0.05, 0) is 24.3 Å². The van der Waals surface area contributed by atoms with Gasteiger partial charge < -0.3 is 0 Å². The molecule has 0 bridgehead atoms. The number of rotatable bonds is 3. The Kier molecular flexibility index (Phi) is 3.68. The number of aromatic nitrogens is 1. The van der Waals surface area contributed by atoms with Gasteiger partial charge in [0.1, 0.15) is 16.8 Å². The summed E-state index contributed by atoms with van der Waals surface area (Å²) in [6.45, 7) is 0. The summed E-state index contributed by atoms with van der Waals surface area (Å²) in [6.07, 6.45) is 1.19. The van der Waals surface area contributed by atoms with Gasteiger partial charge in [0.05, 0.1) is 10.6 Å². The van der Waals surface area contributed by atoms with Gasteiger partial charge in [0, 0.05) is 12.3 Å². The zero-order valence-corrected chi connectivity index (χ0v) is 10.8. The number of pyridine rings is 1. The molecule has 2 aromatic rings. The molecule has 0 saturated heterocycles. The lowest BCUT2D eigenvalue weighted by atomic mass is 10.3. The van der Waals surface area contributed by atoms with E-state index in [1.807, 2.05) is 4.72 Å². The topological polar surface area (TPSA) is 59.1 Å². The van der Waals surface area contributed by atoms with Crippen LogP contribution in [0.5, 0.6) is 0 Å². The second-order valence-corrected chi connectivity index (χ2v) is 5.61. The van der Waals surface area contributed by atoms with Crippen LogP contribution in [0, 0.1) is 11.6 Å². The maximum Gasteiger partial charge on any atom is 0.262 e. The predicted octanol–water partition coefficient (Wildman–Crippen LogP) is 2.81. The van der Waals surface area contributed by atoms with Crippen molar-refractivity contribution in [1.82, 2.24) is 4.98 Å².